The Kier molecular flexibility index (Phi) is 2.50. The Morgan fingerprint density at radius 1 is 1.41 bits per heavy atom. The maximum atomic E-state index is 13.8. The molecule has 1 aromatic rings. The lowest BCUT2D eigenvalue weighted by Gasteiger charge is -2.32. The van der Waals surface area contributed by atoms with E-state index in [9.17, 15) is 4.39 Å². The third-order valence-electron chi connectivity index (χ3n) is 3.42. The monoisotopic (exact) mass is 233 g/mol. The highest BCUT2D eigenvalue weighted by molar-refractivity contribution is 5.83. The van der Waals surface area contributed by atoms with Gasteiger partial charge in [-0.3, -0.25) is 4.99 Å². The quantitative estimate of drug-likeness (QED) is 0.802. The zero-order valence-electron chi connectivity index (χ0n) is 9.86. The molecule has 0 spiro atoms. The summed E-state index contributed by atoms with van der Waals surface area (Å²) in [4.78, 5) is 6.64. The Hall–Kier alpha value is -1.58. The van der Waals surface area contributed by atoms with Crippen molar-refractivity contribution < 1.29 is 4.39 Å². The number of benzene rings is 1. The minimum atomic E-state index is -0.113. The van der Waals surface area contributed by atoms with Crippen molar-refractivity contribution in [3.8, 4) is 0 Å². The number of nitrogens with one attached hydrogen (secondary N) is 1. The van der Waals surface area contributed by atoms with Crippen LogP contribution >= 0.6 is 0 Å². The standard InChI is InChI=1S/C13H16FN3/c1-9-8-17-12(6-7-15-13(17)16-9)10-4-2-3-5-11(10)14/h2-5,9,12H,6-8H2,1H3,(H,15,16). The van der Waals surface area contributed by atoms with E-state index in [-0.39, 0.29) is 11.9 Å². The minimum absolute atomic E-state index is 0.113. The Morgan fingerprint density at radius 2 is 2.24 bits per heavy atom. The summed E-state index contributed by atoms with van der Waals surface area (Å²) in [6.07, 6.45) is 0.888. The summed E-state index contributed by atoms with van der Waals surface area (Å²) in [7, 11) is 0. The summed E-state index contributed by atoms with van der Waals surface area (Å²) in [6.45, 7) is 3.79. The van der Waals surface area contributed by atoms with Gasteiger partial charge in [0.2, 0.25) is 0 Å². The van der Waals surface area contributed by atoms with Crippen LogP contribution in [0.3, 0.4) is 0 Å². The van der Waals surface area contributed by atoms with Crippen LogP contribution in [-0.4, -0.2) is 30.0 Å². The predicted molar refractivity (Wildman–Crippen MR) is 65.4 cm³/mol. The van der Waals surface area contributed by atoms with Crippen LogP contribution in [-0.2, 0) is 0 Å². The summed E-state index contributed by atoms with van der Waals surface area (Å²) in [5, 5.41) is 3.33. The molecular formula is C13H16FN3. The number of hydrogen-bond acceptors (Lipinski definition) is 3. The highest BCUT2D eigenvalue weighted by Crippen LogP contribution is 2.31. The average molecular weight is 233 g/mol. The molecule has 2 aliphatic rings. The van der Waals surface area contributed by atoms with Crippen molar-refractivity contribution in [1.82, 2.24) is 10.2 Å². The first-order valence-electron chi connectivity index (χ1n) is 6.08. The molecule has 2 atom stereocenters. The molecular weight excluding hydrogens is 217 g/mol. The van der Waals surface area contributed by atoms with Gasteiger partial charge in [-0.05, 0) is 19.4 Å². The number of nitrogens with zero attached hydrogens (tertiary/aromatic N) is 2. The van der Waals surface area contributed by atoms with Crippen LogP contribution in [0.25, 0.3) is 0 Å². The SMILES string of the molecule is CC1CN2C(=NCCC2c2ccccc2F)N1. The molecule has 90 valence electrons. The van der Waals surface area contributed by atoms with Crippen LogP contribution in [0.1, 0.15) is 24.9 Å². The number of halogens is 1. The van der Waals surface area contributed by atoms with Gasteiger partial charge in [0, 0.05) is 24.7 Å². The highest BCUT2D eigenvalue weighted by atomic mass is 19.1. The van der Waals surface area contributed by atoms with Gasteiger partial charge in [0.05, 0.1) is 6.04 Å². The lowest BCUT2D eigenvalue weighted by Crippen LogP contribution is -2.38. The van der Waals surface area contributed by atoms with Gasteiger partial charge in [0.1, 0.15) is 5.82 Å². The van der Waals surface area contributed by atoms with Crippen LogP contribution in [0.5, 0.6) is 0 Å². The molecule has 3 rings (SSSR count). The second-order valence-corrected chi connectivity index (χ2v) is 4.73. The van der Waals surface area contributed by atoms with Gasteiger partial charge in [-0.25, -0.2) is 4.39 Å². The molecule has 0 amide bonds. The summed E-state index contributed by atoms with van der Waals surface area (Å²) < 4.78 is 13.8. The highest BCUT2D eigenvalue weighted by Gasteiger charge is 2.34. The topological polar surface area (TPSA) is 27.6 Å². The van der Waals surface area contributed by atoms with Crippen molar-refractivity contribution in [3.63, 3.8) is 0 Å². The van der Waals surface area contributed by atoms with Crippen LogP contribution < -0.4 is 5.32 Å². The zero-order chi connectivity index (χ0) is 11.8. The van der Waals surface area contributed by atoms with Gasteiger partial charge >= 0.3 is 0 Å². The lowest BCUT2D eigenvalue weighted by atomic mass is 10.0. The second-order valence-electron chi connectivity index (χ2n) is 4.73. The van der Waals surface area contributed by atoms with E-state index in [1.165, 1.54) is 6.07 Å². The summed E-state index contributed by atoms with van der Waals surface area (Å²) in [5.41, 5.74) is 0.788. The fourth-order valence-corrected chi connectivity index (χ4v) is 2.66. The molecule has 2 heterocycles. The van der Waals surface area contributed by atoms with Gasteiger partial charge in [-0.1, -0.05) is 18.2 Å². The number of rotatable bonds is 1. The van der Waals surface area contributed by atoms with Gasteiger partial charge in [-0.2, -0.15) is 0 Å². The van der Waals surface area contributed by atoms with Crippen molar-refractivity contribution in [2.75, 3.05) is 13.1 Å². The number of guanidine groups is 1. The first kappa shape index (κ1) is 10.6. The first-order valence-corrected chi connectivity index (χ1v) is 6.08. The molecule has 1 N–H and O–H groups in total. The fourth-order valence-electron chi connectivity index (χ4n) is 2.66. The Balaban J connectivity index is 1.94. The average Bonchev–Trinajstić information content (AvgIpc) is 2.70. The molecule has 17 heavy (non-hydrogen) atoms. The van der Waals surface area contributed by atoms with Crippen molar-refractivity contribution in [2.24, 2.45) is 4.99 Å². The van der Waals surface area contributed by atoms with Crippen LogP contribution in [0.15, 0.2) is 29.3 Å². The number of aliphatic imine (C=N–C) groups is 1. The minimum Gasteiger partial charge on any atom is -0.352 e. The third-order valence-corrected chi connectivity index (χ3v) is 3.42. The van der Waals surface area contributed by atoms with Crippen molar-refractivity contribution in [2.45, 2.75) is 25.4 Å². The normalized spacial score (nSPS) is 27.4. The summed E-state index contributed by atoms with van der Waals surface area (Å²) in [6, 6.07) is 7.57. The van der Waals surface area contributed by atoms with Crippen LogP contribution in [0, 0.1) is 5.82 Å². The molecule has 2 unspecified atom stereocenters. The van der Waals surface area contributed by atoms with Crippen LogP contribution in [0.2, 0.25) is 0 Å². The lowest BCUT2D eigenvalue weighted by molar-refractivity contribution is 0.297. The second kappa shape index (κ2) is 4.02. The smallest absolute Gasteiger partial charge is 0.194 e. The molecule has 2 aliphatic heterocycles. The van der Waals surface area contributed by atoms with E-state index in [1.54, 1.807) is 6.07 Å². The first-order chi connectivity index (χ1) is 8.25. The zero-order valence-corrected chi connectivity index (χ0v) is 9.86. The maximum Gasteiger partial charge on any atom is 0.194 e. The van der Waals surface area contributed by atoms with E-state index in [2.05, 4.69) is 22.1 Å². The number of hydrogen-bond donors (Lipinski definition) is 1. The largest absolute Gasteiger partial charge is 0.352 e. The Bertz CT molecular complexity index is 458. The molecule has 1 saturated heterocycles. The molecule has 0 bridgehead atoms. The molecule has 4 heteroatoms. The van der Waals surface area contributed by atoms with E-state index >= 15 is 0 Å². The van der Waals surface area contributed by atoms with E-state index in [0.717, 1.165) is 31.0 Å². The van der Waals surface area contributed by atoms with Gasteiger partial charge in [0.25, 0.3) is 0 Å². The molecule has 1 aromatic carbocycles. The van der Waals surface area contributed by atoms with E-state index in [0.29, 0.717) is 6.04 Å². The van der Waals surface area contributed by atoms with Crippen molar-refractivity contribution in [1.29, 1.82) is 0 Å². The van der Waals surface area contributed by atoms with Gasteiger partial charge in [-0.15, -0.1) is 0 Å². The maximum absolute atomic E-state index is 13.8. The third kappa shape index (κ3) is 1.77. The van der Waals surface area contributed by atoms with Gasteiger partial charge in [0.15, 0.2) is 5.96 Å². The number of fused-ring (bicyclic) bond motifs is 1. The summed E-state index contributed by atoms with van der Waals surface area (Å²) >= 11 is 0. The summed E-state index contributed by atoms with van der Waals surface area (Å²) in [5.74, 6) is 0.815. The Morgan fingerprint density at radius 3 is 3.06 bits per heavy atom. The van der Waals surface area contributed by atoms with Crippen molar-refractivity contribution in [3.05, 3.63) is 35.6 Å². The van der Waals surface area contributed by atoms with E-state index in [1.807, 2.05) is 12.1 Å². The Labute approximate surface area is 100 Å². The molecule has 1 fully saturated rings. The van der Waals surface area contributed by atoms with E-state index in [4.69, 9.17) is 0 Å². The van der Waals surface area contributed by atoms with Gasteiger partial charge < -0.3 is 10.2 Å². The van der Waals surface area contributed by atoms with Crippen molar-refractivity contribution >= 4 is 5.96 Å². The molecule has 0 radical (unpaired) electrons. The molecule has 3 nitrogen and oxygen atoms in total. The van der Waals surface area contributed by atoms with E-state index < -0.39 is 0 Å². The molecule has 0 saturated carbocycles. The molecule has 0 aromatic heterocycles. The molecule has 0 aliphatic carbocycles. The predicted octanol–water partition coefficient (Wildman–Crippen LogP) is 1.92. The van der Waals surface area contributed by atoms with Crippen LogP contribution in [0.4, 0.5) is 4.39 Å². The fraction of sp³-hybridized carbons (Fsp3) is 0.462.